The Bertz CT molecular complexity index is 488. The molecule has 1 aromatic rings. The first kappa shape index (κ1) is 14.5. The van der Waals surface area contributed by atoms with Gasteiger partial charge in [-0.25, -0.2) is 0 Å². The van der Waals surface area contributed by atoms with Gasteiger partial charge in [-0.15, -0.1) is 0 Å². The zero-order valence-electron chi connectivity index (χ0n) is 9.81. The van der Waals surface area contributed by atoms with Crippen LogP contribution in [0.3, 0.4) is 0 Å². The topological polar surface area (TPSA) is 69.6 Å². The summed E-state index contributed by atoms with van der Waals surface area (Å²) in [5.41, 5.74) is 0.325. The lowest BCUT2D eigenvalue weighted by Gasteiger charge is -2.15. The van der Waals surface area contributed by atoms with E-state index in [1.54, 1.807) is 12.1 Å². The van der Waals surface area contributed by atoms with Crippen molar-refractivity contribution in [1.82, 2.24) is 4.90 Å². The number of carbonyl (C=O) groups excluding carboxylic acids is 2. The third-order valence-electron chi connectivity index (χ3n) is 2.16. The molecular weight excluding hydrogens is 347 g/mol. The van der Waals surface area contributed by atoms with Gasteiger partial charge in [-0.05, 0) is 46.9 Å². The molecule has 0 aromatic heterocycles. The fourth-order valence-corrected chi connectivity index (χ4v) is 1.74. The predicted molar refractivity (Wildman–Crippen MR) is 77.3 cm³/mol. The summed E-state index contributed by atoms with van der Waals surface area (Å²) in [5, 5.41) is 12.1. The molecule has 0 bridgehead atoms. The van der Waals surface area contributed by atoms with Crippen LogP contribution in [0.25, 0.3) is 0 Å². The number of carbonyl (C=O) groups is 2. The molecule has 0 aliphatic rings. The monoisotopic (exact) mass is 360 g/mol. The van der Waals surface area contributed by atoms with Gasteiger partial charge in [0.1, 0.15) is 5.75 Å². The van der Waals surface area contributed by atoms with Crippen LogP contribution in [0.2, 0.25) is 0 Å². The SMILES string of the molecule is C=CC(=O)N(C)CC(=O)Nc1cc(I)ccc1O. The number of nitrogens with one attached hydrogen (secondary N) is 1. The number of hydrogen-bond donors (Lipinski definition) is 2. The van der Waals surface area contributed by atoms with E-state index >= 15 is 0 Å². The molecule has 96 valence electrons. The van der Waals surface area contributed by atoms with Crippen molar-refractivity contribution >= 4 is 40.1 Å². The minimum Gasteiger partial charge on any atom is -0.506 e. The standard InChI is InChI=1S/C12H13IN2O3/c1-3-12(18)15(2)7-11(17)14-9-6-8(13)4-5-10(9)16/h3-6,16H,1,7H2,2H3,(H,14,17). The van der Waals surface area contributed by atoms with Crippen LogP contribution >= 0.6 is 22.6 Å². The first-order valence-corrected chi connectivity index (χ1v) is 6.18. The highest BCUT2D eigenvalue weighted by atomic mass is 127. The number of amides is 2. The smallest absolute Gasteiger partial charge is 0.246 e. The molecule has 0 spiro atoms. The highest BCUT2D eigenvalue weighted by molar-refractivity contribution is 14.1. The van der Waals surface area contributed by atoms with Crippen LogP contribution in [0, 0.1) is 3.57 Å². The Balaban J connectivity index is 2.67. The number of rotatable bonds is 4. The Hall–Kier alpha value is -1.57. The summed E-state index contributed by atoms with van der Waals surface area (Å²) in [4.78, 5) is 24.1. The second kappa shape index (κ2) is 6.39. The van der Waals surface area contributed by atoms with E-state index < -0.39 is 0 Å². The maximum Gasteiger partial charge on any atom is 0.246 e. The number of hydrogen-bond acceptors (Lipinski definition) is 3. The zero-order chi connectivity index (χ0) is 13.7. The number of anilines is 1. The van der Waals surface area contributed by atoms with Crippen LogP contribution in [0.4, 0.5) is 5.69 Å². The summed E-state index contributed by atoms with van der Waals surface area (Å²) < 4.78 is 0.885. The highest BCUT2D eigenvalue weighted by Gasteiger charge is 2.11. The molecule has 0 aliphatic heterocycles. The van der Waals surface area contributed by atoms with Gasteiger partial charge < -0.3 is 15.3 Å². The summed E-state index contributed by atoms with van der Waals surface area (Å²) >= 11 is 2.07. The third-order valence-corrected chi connectivity index (χ3v) is 2.84. The number of phenolic OH excluding ortho intramolecular Hbond substituents is 1. The Morgan fingerprint density at radius 1 is 1.56 bits per heavy atom. The largest absolute Gasteiger partial charge is 0.506 e. The van der Waals surface area contributed by atoms with Crippen molar-refractivity contribution in [3.63, 3.8) is 0 Å². The highest BCUT2D eigenvalue weighted by Crippen LogP contribution is 2.24. The molecule has 0 saturated heterocycles. The predicted octanol–water partition coefficient (Wildman–Crippen LogP) is 1.58. The van der Waals surface area contributed by atoms with Crippen molar-refractivity contribution in [2.75, 3.05) is 18.9 Å². The lowest BCUT2D eigenvalue weighted by atomic mass is 10.3. The minimum absolute atomic E-state index is 0.0125. The number of phenols is 1. The molecule has 6 heteroatoms. The van der Waals surface area contributed by atoms with Crippen molar-refractivity contribution in [3.8, 4) is 5.75 Å². The lowest BCUT2D eigenvalue weighted by molar-refractivity contribution is -0.129. The van der Waals surface area contributed by atoms with Gasteiger partial charge in [0.05, 0.1) is 12.2 Å². The molecule has 2 N–H and O–H groups in total. The summed E-state index contributed by atoms with van der Waals surface area (Å²) in [7, 11) is 1.50. The van der Waals surface area contributed by atoms with Gasteiger partial charge in [-0.3, -0.25) is 9.59 Å². The lowest BCUT2D eigenvalue weighted by Crippen LogP contribution is -2.33. The van der Waals surface area contributed by atoms with Gasteiger partial charge in [0.25, 0.3) is 0 Å². The molecule has 0 saturated carbocycles. The van der Waals surface area contributed by atoms with E-state index in [0.717, 1.165) is 9.65 Å². The molecule has 0 fully saturated rings. The molecular formula is C12H13IN2O3. The van der Waals surface area contributed by atoms with Crippen LogP contribution in [0.15, 0.2) is 30.9 Å². The van der Waals surface area contributed by atoms with Gasteiger partial charge in [-0.2, -0.15) is 0 Å². The van der Waals surface area contributed by atoms with E-state index in [1.807, 2.05) is 0 Å². The van der Waals surface area contributed by atoms with Gasteiger partial charge in [-0.1, -0.05) is 6.58 Å². The second-order valence-electron chi connectivity index (χ2n) is 3.61. The Labute approximate surface area is 119 Å². The van der Waals surface area contributed by atoms with Gasteiger partial charge in [0, 0.05) is 10.6 Å². The molecule has 0 aliphatic carbocycles. The number of nitrogens with zero attached hydrogens (tertiary/aromatic N) is 1. The van der Waals surface area contributed by atoms with Crippen molar-refractivity contribution < 1.29 is 14.7 Å². The molecule has 5 nitrogen and oxygen atoms in total. The molecule has 1 aromatic carbocycles. The fourth-order valence-electron chi connectivity index (χ4n) is 1.25. The maximum absolute atomic E-state index is 11.7. The number of benzene rings is 1. The van der Waals surface area contributed by atoms with Gasteiger partial charge >= 0.3 is 0 Å². The maximum atomic E-state index is 11.7. The molecule has 1 rings (SSSR count). The molecule has 18 heavy (non-hydrogen) atoms. The van der Waals surface area contributed by atoms with Crippen LogP contribution in [-0.4, -0.2) is 35.4 Å². The van der Waals surface area contributed by atoms with E-state index in [2.05, 4.69) is 34.5 Å². The normalized spacial score (nSPS) is 9.67. The van der Waals surface area contributed by atoms with Crippen LogP contribution in [-0.2, 0) is 9.59 Å². The zero-order valence-corrected chi connectivity index (χ0v) is 12.0. The van der Waals surface area contributed by atoms with E-state index in [-0.39, 0.29) is 24.1 Å². The fraction of sp³-hybridized carbons (Fsp3) is 0.167. The van der Waals surface area contributed by atoms with Crippen molar-refractivity contribution in [2.45, 2.75) is 0 Å². The van der Waals surface area contributed by atoms with E-state index in [9.17, 15) is 14.7 Å². The van der Waals surface area contributed by atoms with E-state index in [1.165, 1.54) is 18.0 Å². The average molecular weight is 360 g/mol. The van der Waals surface area contributed by atoms with Gasteiger partial charge in [0.2, 0.25) is 11.8 Å². The van der Waals surface area contributed by atoms with E-state index in [0.29, 0.717) is 5.69 Å². The van der Waals surface area contributed by atoms with Crippen LogP contribution in [0.5, 0.6) is 5.75 Å². The van der Waals surface area contributed by atoms with Crippen molar-refractivity contribution in [3.05, 3.63) is 34.4 Å². The first-order chi connectivity index (χ1) is 8.43. The van der Waals surface area contributed by atoms with Crippen LogP contribution in [0.1, 0.15) is 0 Å². The van der Waals surface area contributed by atoms with Crippen molar-refractivity contribution in [2.24, 2.45) is 0 Å². The third kappa shape index (κ3) is 4.02. The number of halogens is 1. The summed E-state index contributed by atoms with van der Waals surface area (Å²) in [6, 6.07) is 4.86. The minimum atomic E-state index is -0.384. The van der Waals surface area contributed by atoms with Crippen LogP contribution < -0.4 is 5.32 Å². The number of likely N-dealkylation sites (N-methyl/N-ethyl adjacent to an activating group) is 1. The summed E-state index contributed by atoms with van der Waals surface area (Å²) in [5.74, 6) is -0.733. The molecule has 0 atom stereocenters. The quantitative estimate of drug-likeness (QED) is 0.487. The van der Waals surface area contributed by atoms with E-state index in [4.69, 9.17) is 0 Å². The van der Waals surface area contributed by atoms with Gasteiger partial charge in [0.15, 0.2) is 0 Å². The first-order valence-electron chi connectivity index (χ1n) is 5.10. The molecule has 0 radical (unpaired) electrons. The summed E-state index contributed by atoms with van der Waals surface area (Å²) in [6.07, 6.45) is 1.14. The Morgan fingerprint density at radius 3 is 2.83 bits per heavy atom. The number of aromatic hydroxyl groups is 1. The average Bonchev–Trinajstić information content (AvgIpc) is 2.32. The molecule has 2 amide bonds. The summed E-state index contributed by atoms with van der Waals surface area (Å²) in [6.45, 7) is 3.23. The second-order valence-corrected chi connectivity index (χ2v) is 4.85. The molecule has 0 unspecified atom stereocenters. The Morgan fingerprint density at radius 2 is 2.22 bits per heavy atom. The molecule has 0 heterocycles. The Kier molecular flexibility index (Phi) is 5.14. The van der Waals surface area contributed by atoms with Crippen molar-refractivity contribution in [1.29, 1.82) is 0 Å².